The standard InChI is InChI=1S/C16H22BrNO/c17-15-6-2-1-5-14(15)12-8-13(9-12)18-16-7-3-4-11(16)10-19/h1-2,5-6,11-13,16,18-19H,3-4,7-10H2. The van der Waals surface area contributed by atoms with Gasteiger partial charge in [-0.25, -0.2) is 0 Å². The van der Waals surface area contributed by atoms with E-state index in [4.69, 9.17) is 0 Å². The summed E-state index contributed by atoms with van der Waals surface area (Å²) in [6.07, 6.45) is 6.16. The van der Waals surface area contributed by atoms with E-state index in [0.29, 0.717) is 30.5 Å². The molecule has 0 bridgehead atoms. The maximum Gasteiger partial charge on any atom is 0.0474 e. The van der Waals surface area contributed by atoms with Gasteiger partial charge in [0.2, 0.25) is 0 Å². The van der Waals surface area contributed by atoms with Crippen LogP contribution in [0, 0.1) is 5.92 Å². The lowest BCUT2D eigenvalue weighted by atomic mass is 9.75. The number of nitrogens with one attached hydrogen (secondary N) is 1. The first-order valence-corrected chi connectivity index (χ1v) is 8.18. The third kappa shape index (κ3) is 2.88. The van der Waals surface area contributed by atoms with Crippen molar-refractivity contribution in [1.82, 2.24) is 5.32 Å². The van der Waals surface area contributed by atoms with Crippen LogP contribution in [0.4, 0.5) is 0 Å². The minimum atomic E-state index is 0.345. The quantitative estimate of drug-likeness (QED) is 0.889. The topological polar surface area (TPSA) is 32.3 Å². The van der Waals surface area contributed by atoms with Crippen molar-refractivity contribution in [2.45, 2.75) is 50.1 Å². The van der Waals surface area contributed by atoms with Crippen molar-refractivity contribution >= 4 is 15.9 Å². The monoisotopic (exact) mass is 323 g/mol. The highest BCUT2D eigenvalue weighted by Gasteiger charge is 2.35. The molecule has 2 aliphatic carbocycles. The predicted molar refractivity (Wildman–Crippen MR) is 81.3 cm³/mol. The Morgan fingerprint density at radius 2 is 2.00 bits per heavy atom. The first-order valence-electron chi connectivity index (χ1n) is 7.39. The summed E-state index contributed by atoms with van der Waals surface area (Å²) >= 11 is 3.65. The van der Waals surface area contributed by atoms with Gasteiger partial charge in [0.25, 0.3) is 0 Å². The van der Waals surface area contributed by atoms with E-state index in [2.05, 4.69) is 45.5 Å². The van der Waals surface area contributed by atoms with Crippen molar-refractivity contribution in [2.75, 3.05) is 6.61 Å². The molecule has 3 rings (SSSR count). The van der Waals surface area contributed by atoms with Crippen molar-refractivity contribution < 1.29 is 5.11 Å². The zero-order valence-electron chi connectivity index (χ0n) is 11.2. The van der Waals surface area contributed by atoms with Crippen molar-refractivity contribution in [3.8, 4) is 0 Å². The highest BCUT2D eigenvalue weighted by molar-refractivity contribution is 9.10. The average molecular weight is 324 g/mol. The Hall–Kier alpha value is -0.380. The summed E-state index contributed by atoms with van der Waals surface area (Å²) in [7, 11) is 0. The van der Waals surface area contributed by atoms with Crippen LogP contribution in [0.3, 0.4) is 0 Å². The van der Waals surface area contributed by atoms with Crippen LogP contribution in [0.5, 0.6) is 0 Å². The minimum Gasteiger partial charge on any atom is -0.396 e. The fourth-order valence-corrected chi connectivity index (χ4v) is 4.20. The molecule has 19 heavy (non-hydrogen) atoms. The van der Waals surface area contributed by atoms with Crippen molar-refractivity contribution in [2.24, 2.45) is 5.92 Å². The van der Waals surface area contributed by atoms with E-state index in [9.17, 15) is 5.11 Å². The SMILES string of the molecule is OCC1CCCC1NC1CC(c2ccccc2Br)C1. The summed E-state index contributed by atoms with van der Waals surface area (Å²) in [5.41, 5.74) is 1.45. The average Bonchev–Trinajstić information content (AvgIpc) is 2.82. The number of aliphatic hydroxyl groups is 1. The van der Waals surface area contributed by atoms with E-state index in [1.165, 1.54) is 42.1 Å². The second-order valence-electron chi connectivity index (χ2n) is 6.03. The van der Waals surface area contributed by atoms with Gasteiger partial charge in [0.05, 0.1) is 0 Å². The Balaban J connectivity index is 1.52. The van der Waals surface area contributed by atoms with E-state index in [-0.39, 0.29) is 0 Å². The van der Waals surface area contributed by atoms with Crippen LogP contribution in [0.15, 0.2) is 28.7 Å². The molecule has 0 amide bonds. The molecule has 1 aromatic rings. The maximum atomic E-state index is 9.36. The second-order valence-corrected chi connectivity index (χ2v) is 6.89. The van der Waals surface area contributed by atoms with Gasteiger partial charge < -0.3 is 10.4 Å². The first kappa shape index (κ1) is 13.6. The van der Waals surface area contributed by atoms with Crippen molar-refractivity contribution in [1.29, 1.82) is 0 Å². The highest BCUT2D eigenvalue weighted by Crippen LogP contribution is 2.41. The molecule has 2 N–H and O–H groups in total. The number of benzene rings is 1. The maximum absolute atomic E-state index is 9.36. The van der Waals surface area contributed by atoms with Gasteiger partial charge in [-0.15, -0.1) is 0 Å². The molecule has 104 valence electrons. The number of halogens is 1. The van der Waals surface area contributed by atoms with Gasteiger partial charge in [-0.1, -0.05) is 40.5 Å². The van der Waals surface area contributed by atoms with Gasteiger partial charge in [0.1, 0.15) is 0 Å². The Morgan fingerprint density at radius 1 is 1.21 bits per heavy atom. The van der Waals surface area contributed by atoms with Gasteiger partial charge in [0.15, 0.2) is 0 Å². The number of aliphatic hydroxyl groups excluding tert-OH is 1. The van der Waals surface area contributed by atoms with Crippen LogP contribution >= 0.6 is 15.9 Å². The molecule has 2 aliphatic rings. The molecule has 2 nitrogen and oxygen atoms in total. The molecule has 2 saturated carbocycles. The van der Waals surface area contributed by atoms with Gasteiger partial charge in [-0.3, -0.25) is 0 Å². The van der Waals surface area contributed by atoms with E-state index < -0.39 is 0 Å². The van der Waals surface area contributed by atoms with E-state index in [1.54, 1.807) is 0 Å². The Kier molecular flexibility index (Phi) is 4.25. The smallest absolute Gasteiger partial charge is 0.0474 e. The molecule has 0 saturated heterocycles. The Morgan fingerprint density at radius 3 is 2.74 bits per heavy atom. The lowest BCUT2D eigenvalue weighted by molar-refractivity contribution is 0.179. The summed E-state index contributed by atoms with van der Waals surface area (Å²) in [5.74, 6) is 1.18. The molecule has 3 heteroatoms. The van der Waals surface area contributed by atoms with Crippen LogP contribution in [-0.4, -0.2) is 23.8 Å². The fourth-order valence-electron chi connectivity index (χ4n) is 3.59. The molecule has 0 heterocycles. The molecule has 0 aliphatic heterocycles. The first-order chi connectivity index (χ1) is 9.28. The normalized spacial score (nSPS) is 34.2. The largest absolute Gasteiger partial charge is 0.396 e. The van der Waals surface area contributed by atoms with Crippen LogP contribution in [0.2, 0.25) is 0 Å². The third-order valence-corrected chi connectivity index (χ3v) is 5.55. The zero-order valence-corrected chi connectivity index (χ0v) is 12.8. The number of hydrogen-bond donors (Lipinski definition) is 2. The summed E-state index contributed by atoms with van der Waals surface area (Å²) in [5, 5.41) is 13.1. The summed E-state index contributed by atoms with van der Waals surface area (Å²) < 4.78 is 1.24. The third-order valence-electron chi connectivity index (χ3n) is 4.83. The molecule has 2 atom stereocenters. The summed E-state index contributed by atoms with van der Waals surface area (Å²) in [4.78, 5) is 0. The van der Waals surface area contributed by atoms with Gasteiger partial charge in [-0.05, 0) is 49.1 Å². The molecule has 2 unspecified atom stereocenters. The minimum absolute atomic E-state index is 0.345. The lowest BCUT2D eigenvalue weighted by Gasteiger charge is -2.39. The number of hydrogen-bond acceptors (Lipinski definition) is 2. The molecule has 1 aromatic carbocycles. The van der Waals surface area contributed by atoms with Gasteiger partial charge in [-0.2, -0.15) is 0 Å². The number of rotatable bonds is 4. The van der Waals surface area contributed by atoms with Crippen LogP contribution in [-0.2, 0) is 0 Å². The zero-order chi connectivity index (χ0) is 13.2. The van der Waals surface area contributed by atoms with E-state index in [0.717, 1.165) is 0 Å². The highest BCUT2D eigenvalue weighted by atomic mass is 79.9. The molecule has 0 aromatic heterocycles. The van der Waals surface area contributed by atoms with Gasteiger partial charge >= 0.3 is 0 Å². The van der Waals surface area contributed by atoms with Crippen molar-refractivity contribution in [3.63, 3.8) is 0 Å². The Bertz CT molecular complexity index is 431. The van der Waals surface area contributed by atoms with E-state index >= 15 is 0 Å². The Labute approximate surface area is 123 Å². The molecular weight excluding hydrogens is 302 g/mol. The molecule has 0 radical (unpaired) electrons. The van der Waals surface area contributed by atoms with Gasteiger partial charge in [0, 0.05) is 23.2 Å². The molecule has 2 fully saturated rings. The van der Waals surface area contributed by atoms with Crippen LogP contribution < -0.4 is 5.32 Å². The van der Waals surface area contributed by atoms with Crippen LogP contribution in [0.25, 0.3) is 0 Å². The summed E-state index contributed by atoms with van der Waals surface area (Å²) in [6, 6.07) is 9.77. The summed E-state index contributed by atoms with van der Waals surface area (Å²) in [6.45, 7) is 0.345. The fraction of sp³-hybridized carbons (Fsp3) is 0.625. The lowest BCUT2D eigenvalue weighted by Crippen LogP contribution is -2.47. The van der Waals surface area contributed by atoms with E-state index in [1.807, 2.05) is 0 Å². The van der Waals surface area contributed by atoms with Crippen molar-refractivity contribution in [3.05, 3.63) is 34.3 Å². The molecule has 0 spiro atoms. The molecular formula is C16H22BrNO. The van der Waals surface area contributed by atoms with Crippen LogP contribution in [0.1, 0.15) is 43.6 Å². The second kappa shape index (κ2) is 5.94. The predicted octanol–water partition coefficient (Wildman–Crippen LogP) is 3.45.